The molecule has 1 atom stereocenters. The monoisotopic (exact) mass is 297 g/mol. The zero-order valence-electron chi connectivity index (χ0n) is 10.3. The summed E-state index contributed by atoms with van der Waals surface area (Å²) in [5, 5.41) is 0. The van der Waals surface area contributed by atoms with Gasteiger partial charge in [0.25, 0.3) is 0 Å². The molecule has 94 valence electrons. The normalized spacial score (nSPS) is 21.8. The van der Waals surface area contributed by atoms with Crippen LogP contribution in [0.3, 0.4) is 0 Å². The molecule has 0 aliphatic carbocycles. The van der Waals surface area contributed by atoms with Gasteiger partial charge in [0.1, 0.15) is 0 Å². The highest BCUT2D eigenvalue weighted by Crippen LogP contribution is 2.27. The summed E-state index contributed by atoms with van der Waals surface area (Å²) < 4.78 is 1.18. The molecule has 1 aromatic rings. The molecule has 0 bridgehead atoms. The Bertz CT molecular complexity index is 369. The number of halogens is 1. The van der Waals surface area contributed by atoms with E-state index >= 15 is 0 Å². The quantitative estimate of drug-likeness (QED) is 0.925. The van der Waals surface area contributed by atoms with Crippen molar-refractivity contribution >= 4 is 21.6 Å². The summed E-state index contributed by atoms with van der Waals surface area (Å²) in [5.74, 6) is 0. The van der Waals surface area contributed by atoms with Crippen LogP contribution in [0.15, 0.2) is 28.7 Å². The van der Waals surface area contributed by atoms with Crippen LogP contribution in [0.2, 0.25) is 0 Å². The largest absolute Gasteiger partial charge is 0.368 e. The lowest BCUT2D eigenvalue weighted by Crippen LogP contribution is -2.53. The van der Waals surface area contributed by atoms with Crippen molar-refractivity contribution < 1.29 is 0 Å². The zero-order chi connectivity index (χ0) is 12.3. The lowest BCUT2D eigenvalue weighted by molar-refractivity contribution is 0.195. The van der Waals surface area contributed by atoms with Gasteiger partial charge in [0, 0.05) is 43.2 Å². The van der Waals surface area contributed by atoms with Gasteiger partial charge in [-0.2, -0.15) is 0 Å². The lowest BCUT2D eigenvalue weighted by Gasteiger charge is -2.41. The molecule has 0 spiro atoms. The van der Waals surface area contributed by atoms with Crippen LogP contribution >= 0.6 is 15.9 Å². The summed E-state index contributed by atoms with van der Waals surface area (Å²) in [4.78, 5) is 4.91. The number of benzene rings is 1. The molecule has 1 aliphatic heterocycles. The molecule has 1 aromatic carbocycles. The Kier molecular flexibility index (Phi) is 4.42. The number of hydrogen-bond acceptors (Lipinski definition) is 3. The van der Waals surface area contributed by atoms with Crippen LogP contribution in [-0.4, -0.2) is 43.7 Å². The van der Waals surface area contributed by atoms with Gasteiger partial charge < -0.3 is 10.6 Å². The third-order valence-corrected chi connectivity index (χ3v) is 4.05. The van der Waals surface area contributed by atoms with Crippen molar-refractivity contribution in [2.45, 2.75) is 13.0 Å². The summed E-state index contributed by atoms with van der Waals surface area (Å²) in [7, 11) is 0. The number of anilines is 1. The minimum atomic E-state index is 0.569. The third kappa shape index (κ3) is 3.00. The molecule has 1 saturated heterocycles. The van der Waals surface area contributed by atoms with E-state index in [1.807, 2.05) is 0 Å². The molecule has 17 heavy (non-hydrogen) atoms. The first-order chi connectivity index (χ1) is 8.22. The molecule has 4 heteroatoms. The van der Waals surface area contributed by atoms with E-state index in [4.69, 9.17) is 5.73 Å². The van der Waals surface area contributed by atoms with Gasteiger partial charge in [-0.1, -0.05) is 12.1 Å². The van der Waals surface area contributed by atoms with E-state index in [1.54, 1.807) is 0 Å². The predicted molar refractivity (Wildman–Crippen MR) is 76.4 cm³/mol. The maximum absolute atomic E-state index is 5.63. The Balaban J connectivity index is 2.04. The van der Waals surface area contributed by atoms with E-state index < -0.39 is 0 Å². The topological polar surface area (TPSA) is 32.5 Å². The molecule has 1 unspecified atom stereocenters. The highest BCUT2D eigenvalue weighted by molar-refractivity contribution is 9.10. The SMILES string of the molecule is CC1CN(c2ccccc2Br)CCN1CCN. The summed E-state index contributed by atoms with van der Waals surface area (Å²) in [6.07, 6.45) is 0. The molecule has 1 heterocycles. The Morgan fingerprint density at radius 2 is 2.12 bits per heavy atom. The fourth-order valence-electron chi connectivity index (χ4n) is 2.42. The van der Waals surface area contributed by atoms with E-state index in [2.05, 4.69) is 56.9 Å². The van der Waals surface area contributed by atoms with Crippen LogP contribution in [-0.2, 0) is 0 Å². The van der Waals surface area contributed by atoms with Crippen LogP contribution < -0.4 is 10.6 Å². The smallest absolute Gasteiger partial charge is 0.0511 e. The molecule has 0 radical (unpaired) electrons. The van der Waals surface area contributed by atoms with Crippen molar-refractivity contribution in [3.05, 3.63) is 28.7 Å². The van der Waals surface area contributed by atoms with Crippen LogP contribution in [0, 0.1) is 0 Å². The average molecular weight is 298 g/mol. The fraction of sp³-hybridized carbons (Fsp3) is 0.538. The van der Waals surface area contributed by atoms with Gasteiger partial charge in [-0.3, -0.25) is 4.90 Å². The van der Waals surface area contributed by atoms with Crippen LogP contribution in [0.25, 0.3) is 0 Å². The van der Waals surface area contributed by atoms with Gasteiger partial charge in [0.2, 0.25) is 0 Å². The Morgan fingerprint density at radius 3 is 2.76 bits per heavy atom. The zero-order valence-corrected chi connectivity index (χ0v) is 11.9. The Labute approximate surface area is 112 Å². The maximum Gasteiger partial charge on any atom is 0.0511 e. The van der Waals surface area contributed by atoms with E-state index in [0.29, 0.717) is 6.04 Å². The van der Waals surface area contributed by atoms with Gasteiger partial charge in [-0.05, 0) is 35.0 Å². The number of hydrogen-bond donors (Lipinski definition) is 1. The number of nitrogens with two attached hydrogens (primary N) is 1. The van der Waals surface area contributed by atoms with Crippen molar-refractivity contribution in [1.82, 2.24) is 4.90 Å². The van der Waals surface area contributed by atoms with Crippen molar-refractivity contribution in [2.75, 3.05) is 37.6 Å². The van der Waals surface area contributed by atoms with E-state index in [9.17, 15) is 0 Å². The van der Waals surface area contributed by atoms with Crippen LogP contribution in [0.4, 0.5) is 5.69 Å². The first-order valence-corrected chi connectivity index (χ1v) is 6.95. The Morgan fingerprint density at radius 1 is 1.35 bits per heavy atom. The molecule has 1 aliphatic rings. The molecular weight excluding hydrogens is 278 g/mol. The Hall–Kier alpha value is -0.580. The molecule has 0 aromatic heterocycles. The minimum Gasteiger partial charge on any atom is -0.368 e. The van der Waals surface area contributed by atoms with Gasteiger partial charge in [0.05, 0.1) is 5.69 Å². The first kappa shape index (κ1) is 12.9. The van der Waals surface area contributed by atoms with Gasteiger partial charge in [-0.25, -0.2) is 0 Å². The molecule has 1 fully saturated rings. The number of nitrogens with zero attached hydrogens (tertiary/aromatic N) is 2. The van der Waals surface area contributed by atoms with Crippen LogP contribution in [0.1, 0.15) is 6.92 Å². The average Bonchev–Trinajstić information content (AvgIpc) is 2.33. The summed E-state index contributed by atoms with van der Waals surface area (Å²) in [6.45, 7) is 7.28. The maximum atomic E-state index is 5.63. The van der Waals surface area contributed by atoms with Gasteiger partial charge >= 0.3 is 0 Å². The highest BCUT2D eigenvalue weighted by Gasteiger charge is 2.23. The number of piperazine rings is 1. The van der Waals surface area contributed by atoms with E-state index in [-0.39, 0.29) is 0 Å². The summed E-state index contributed by atoms with van der Waals surface area (Å²) in [5.41, 5.74) is 6.93. The molecule has 0 saturated carbocycles. The second-order valence-corrected chi connectivity index (χ2v) is 5.43. The number of para-hydroxylation sites is 1. The molecule has 2 N–H and O–H groups in total. The van der Waals surface area contributed by atoms with Crippen molar-refractivity contribution in [3.63, 3.8) is 0 Å². The summed E-state index contributed by atoms with van der Waals surface area (Å²) in [6, 6.07) is 9.00. The molecular formula is C13H20BrN3. The van der Waals surface area contributed by atoms with Gasteiger partial charge in [-0.15, -0.1) is 0 Å². The molecule has 2 rings (SSSR count). The van der Waals surface area contributed by atoms with Crippen LogP contribution in [0.5, 0.6) is 0 Å². The molecule has 3 nitrogen and oxygen atoms in total. The van der Waals surface area contributed by atoms with E-state index in [0.717, 1.165) is 32.7 Å². The minimum absolute atomic E-state index is 0.569. The van der Waals surface area contributed by atoms with Crippen molar-refractivity contribution in [2.24, 2.45) is 5.73 Å². The van der Waals surface area contributed by atoms with E-state index in [1.165, 1.54) is 10.2 Å². The highest BCUT2D eigenvalue weighted by atomic mass is 79.9. The fourth-order valence-corrected chi connectivity index (χ4v) is 2.96. The second kappa shape index (κ2) is 5.85. The standard InChI is InChI=1S/C13H20BrN3/c1-11-10-17(9-8-16(11)7-6-15)13-5-3-2-4-12(13)14/h2-5,11H,6-10,15H2,1H3. The second-order valence-electron chi connectivity index (χ2n) is 4.57. The van der Waals surface area contributed by atoms with Gasteiger partial charge in [0.15, 0.2) is 0 Å². The third-order valence-electron chi connectivity index (χ3n) is 3.37. The van der Waals surface area contributed by atoms with Crippen molar-refractivity contribution in [1.29, 1.82) is 0 Å². The first-order valence-electron chi connectivity index (χ1n) is 6.16. The number of rotatable bonds is 3. The lowest BCUT2D eigenvalue weighted by atomic mass is 10.1. The predicted octanol–water partition coefficient (Wildman–Crippen LogP) is 1.92. The molecule has 0 amide bonds. The summed E-state index contributed by atoms with van der Waals surface area (Å²) >= 11 is 3.62. The van der Waals surface area contributed by atoms with Crippen molar-refractivity contribution in [3.8, 4) is 0 Å².